The molecule has 1 fully saturated rings. The number of thiazole rings is 1. The quantitative estimate of drug-likeness (QED) is 0.675. The normalized spacial score (nSPS) is 18.8. The summed E-state index contributed by atoms with van der Waals surface area (Å²) in [6.45, 7) is 3.21. The van der Waals surface area contributed by atoms with Gasteiger partial charge in [0.05, 0.1) is 17.3 Å². The highest BCUT2D eigenvalue weighted by atomic mass is 32.1. The van der Waals surface area contributed by atoms with E-state index >= 15 is 0 Å². The van der Waals surface area contributed by atoms with Crippen molar-refractivity contribution in [3.63, 3.8) is 0 Å². The first-order valence-corrected chi connectivity index (χ1v) is 11.0. The summed E-state index contributed by atoms with van der Waals surface area (Å²) in [7, 11) is 1.68. The van der Waals surface area contributed by atoms with Crippen LogP contribution in [0.4, 0.5) is 15.6 Å². The second kappa shape index (κ2) is 8.71. The van der Waals surface area contributed by atoms with E-state index in [1.54, 1.807) is 7.11 Å². The molecular formula is C21H26N4O4S. The molecule has 1 aromatic carbocycles. The van der Waals surface area contributed by atoms with Crippen molar-refractivity contribution in [2.24, 2.45) is 0 Å². The lowest BCUT2D eigenvalue weighted by Crippen LogP contribution is -2.55. The molecule has 2 aromatic rings. The fourth-order valence-electron chi connectivity index (χ4n) is 4.00. The lowest BCUT2D eigenvalue weighted by atomic mass is 9.87. The van der Waals surface area contributed by atoms with E-state index in [0.29, 0.717) is 24.8 Å². The van der Waals surface area contributed by atoms with Crippen LogP contribution in [0.1, 0.15) is 31.7 Å². The van der Waals surface area contributed by atoms with Crippen molar-refractivity contribution in [2.75, 3.05) is 31.0 Å². The van der Waals surface area contributed by atoms with Gasteiger partial charge in [-0.15, -0.1) is 11.3 Å². The molecular weight excluding hydrogens is 404 g/mol. The molecule has 3 N–H and O–H groups in total. The molecule has 3 amide bonds. The molecule has 1 saturated heterocycles. The fourth-order valence-corrected chi connectivity index (χ4v) is 4.71. The van der Waals surface area contributed by atoms with Crippen LogP contribution in [0.25, 0.3) is 11.3 Å². The summed E-state index contributed by atoms with van der Waals surface area (Å²) in [6, 6.07) is 5.41. The Morgan fingerprint density at radius 3 is 2.90 bits per heavy atom. The molecule has 0 bridgehead atoms. The van der Waals surface area contributed by atoms with Crippen molar-refractivity contribution in [1.82, 2.24) is 10.3 Å². The molecule has 2 aliphatic rings. The van der Waals surface area contributed by atoms with Gasteiger partial charge in [0.25, 0.3) is 0 Å². The highest BCUT2D eigenvalue weighted by molar-refractivity contribution is 7.14. The van der Waals surface area contributed by atoms with Gasteiger partial charge in [-0.05, 0) is 31.0 Å². The van der Waals surface area contributed by atoms with Crippen molar-refractivity contribution in [3.05, 3.63) is 29.1 Å². The van der Waals surface area contributed by atoms with Gasteiger partial charge in [0.2, 0.25) is 5.91 Å². The number of urea groups is 1. The van der Waals surface area contributed by atoms with Gasteiger partial charge in [-0.25, -0.2) is 9.78 Å². The summed E-state index contributed by atoms with van der Waals surface area (Å²) in [5, 5.41) is 11.1. The maximum absolute atomic E-state index is 12.5. The molecule has 1 atom stereocenters. The molecule has 0 spiro atoms. The number of nitrogens with one attached hydrogen (secondary N) is 3. The highest BCUT2D eigenvalue weighted by Gasteiger charge is 2.39. The Balaban J connectivity index is 1.40. The Labute approximate surface area is 179 Å². The van der Waals surface area contributed by atoms with E-state index in [1.807, 2.05) is 30.5 Å². The summed E-state index contributed by atoms with van der Waals surface area (Å²) in [5.74, 6) is 0.0478. The number of nitrogens with zero attached hydrogens (tertiary/aromatic N) is 1. The summed E-state index contributed by atoms with van der Waals surface area (Å²) in [6.07, 6.45) is 2.70. The number of methoxy groups -OCH3 is 1. The zero-order valence-electron chi connectivity index (χ0n) is 17.1. The van der Waals surface area contributed by atoms with Gasteiger partial charge in [0.15, 0.2) is 5.13 Å². The van der Waals surface area contributed by atoms with Gasteiger partial charge in [0.1, 0.15) is 0 Å². The molecule has 1 unspecified atom stereocenters. The maximum Gasteiger partial charge on any atom is 0.321 e. The van der Waals surface area contributed by atoms with Crippen LogP contribution in [-0.4, -0.2) is 48.9 Å². The lowest BCUT2D eigenvalue weighted by molar-refractivity contribution is -0.116. The molecule has 160 valence electrons. The minimum absolute atomic E-state index is 0.0478. The van der Waals surface area contributed by atoms with Crippen LogP contribution in [0.5, 0.6) is 0 Å². The number of anilines is 2. The van der Waals surface area contributed by atoms with Crippen LogP contribution in [0.15, 0.2) is 23.6 Å². The second-order valence-corrected chi connectivity index (χ2v) is 8.52. The van der Waals surface area contributed by atoms with E-state index in [4.69, 9.17) is 9.47 Å². The van der Waals surface area contributed by atoms with E-state index in [9.17, 15) is 9.59 Å². The predicted molar refractivity (Wildman–Crippen MR) is 116 cm³/mol. The van der Waals surface area contributed by atoms with Gasteiger partial charge >= 0.3 is 6.03 Å². The van der Waals surface area contributed by atoms with Crippen molar-refractivity contribution in [3.8, 4) is 11.3 Å². The number of hydrogen-bond acceptors (Lipinski definition) is 6. The molecule has 2 aliphatic heterocycles. The van der Waals surface area contributed by atoms with Crippen molar-refractivity contribution in [1.29, 1.82) is 0 Å². The molecule has 0 radical (unpaired) electrons. The van der Waals surface area contributed by atoms with E-state index in [2.05, 4.69) is 20.9 Å². The van der Waals surface area contributed by atoms with Crippen LogP contribution in [-0.2, 0) is 20.7 Å². The fraction of sp³-hybridized carbons (Fsp3) is 0.476. The van der Waals surface area contributed by atoms with Crippen molar-refractivity contribution < 1.29 is 19.1 Å². The predicted octanol–water partition coefficient (Wildman–Crippen LogP) is 3.40. The number of aryl methyl sites for hydroxylation is 1. The smallest absolute Gasteiger partial charge is 0.321 e. The maximum atomic E-state index is 12.5. The minimum atomic E-state index is -0.415. The third kappa shape index (κ3) is 4.33. The topological polar surface area (TPSA) is 102 Å². The third-order valence-corrected chi connectivity index (χ3v) is 6.66. The first-order valence-electron chi connectivity index (χ1n) is 10.1. The number of aromatic nitrogens is 1. The molecule has 4 rings (SSSR count). The molecule has 1 aromatic heterocycles. The first kappa shape index (κ1) is 20.8. The van der Waals surface area contributed by atoms with E-state index < -0.39 is 5.60 Å². The Hall–Kier alpha value is -2.49. The number of hydrogen-bond donors (Lipinski definition) is 3. The van der Waals surface area contributed by atoms with Gasteiger partial charge in [-0.2, -0.15) is 0 Å². The zero-order valence-corrected chi connectivity index (χ0v) is 17.9. The van der Waals surface area contributed by atoms with Crippen LogP contribution in [0.3, 0.4) is 0 Å². The molecule has 3 heterocycles. The number of carbonyl (C=O) groups is 2. The van der Waals surface area contributed by atoms with E-state index in [-0.39, 0.29) is 18.0 Å². The lowest BCUT2D eigenvalue weighted by Gasteiger charge is -2.40. The molecule has 8 nitrogen and oxygen atoms in total. The summed E-state index contributed by atoms with van der Waals surface area (Å²) in [5.41, 5.74) is 3.30. The van der Waals surface area contributed by atoms with Gasteiger partial charge < -0.3 is 20.1 Å². The molecule has 9 heteroatoms. The van der Waals surface area contributed by atoms with Gasteiger partial charge in [-0.3, -0.25) is 10.1 Å². The number of carbonyl (C=O) groups excluding carboxylic acids is 2. The third-order valence-electron chi connectivity index (χ3n) is 5.90. The van der Waals surface area contributed by atoms with Crippen molar-refractivity contribution >= 4 is 34.1 Å². The van der Waals surface area contributed by atoms with Crippen LogP contribution < -0.4 is 16.0 Å². The molecule has 0 saturated carbocycles. The number of rotatable bonds is 5. The van der Waals surface area contributed by atoms with Gasteiger partial charge in [-0.1, -0.05) is 6.07 Å². The Kier molecular flexibility index (Phi) is 6.03. The standard InChI is InChI=1S/C21H26N4O4S/c1-13(21(28-2)7-9-29-10-8-21)22-19(27)25-20-24-17(12-30-20)15-3-5-16-14(11-15)4-6-18(26)23-16/h3,5,11-13H,4,6-10H2,1-2H3,(H,23,26)(H2,22,24,25,27). The number of benzene rings is 1. The van der Waals surface area contributed by atoms with Crippen LogP contribution >= 0.6 is 11.3 Å². The molecule has 0 aliphatic carbocycles. The first-order chi connectivity index (χ1) is 14.5. The largest absolute Gasteiger partial charge is 0.381 e. The zero-order chi connectivity index (χ0) is 21.1. The SMILES string of the molecule is COC1(C(C)NC(=O)Nc2nc(-c3ccc4c(c3)CCC(=O)N4)cs2)CCOCC1. The second-order valence-electron chi connectivity index (χ2n) is 7.66. The highest BCUT2D eigenvalue weighted by Crippen LogP contribution is 2.31. The minimum Gasteiger partial charge on any atom is -0.381 e. The Bertz CT molecular complexity index is 939. The summed E-state index contributed by atoms with van der Waals surface area (Å²) < 4.78 is 11.2. The summed E-state index contributed by atoms with van der Waals surface area (Å²) in [4.78, 5) is 28.6. The monoisotopic (exact) mass is 430 g/mol. The molecule has 30 heavy (non-hydrogen) atoms. The average Bonchev–Trinajstić information content (AvgIpc) is 3.22. The van der Waals surface area contributed by atoms with E-state index in [0.717, 1.165) is 41.8 Å². The van der Waals surface area contributed by atoms with Crippen molar-refractivity contribution in [2.45, 2.75) is 44.2 Å². The van der Waals surface area contributed by atoms with E-state index in [1.165, 1.54) is 11.3 Å². The van der Waals surface area contributed by atoms with Crippen LogP contribution in [0.2, 0.25) is 0 Å². The van der Waals surface area contributed by atoms with Crippen LogP contribution in [0, 0.1) is 0 Å². The number of amides is 3. The number of fused-ring (bicyclic) bond motifs is 1. The number of ether oxygens (including phenoxy) is 2. The Morgan fingerprint density at radius 2 is 2.13 bits per heavy atom. The average molecular weight is 431 g/mol. The summed E-state index contributed by atoms with van der Waals surface area (Å²) >= 11 is 1.37. The van der Waals surface area contributed by atoms with Gasteiger partial charge in [0, 0.05) is 56.2 Å². The Morgan fingerprint density at radius 1 is 1.33 bits per heavy atom.